The second-order valence-electron chi connectivity index (χ2n) is 5.91. The summed E-state index contributed by atoms with van der Waals surface area (Å²) >= 11 is 0. The summed E-state index contributed by atoms with van der Waals surface area (Å²) in [6.07, 6.45) is 4.80. The van der Waals surface area contributed by atoms with Gasteiger partial charge in [0.15, 0.2) is 0 Å². The fraction of sp³-hybridized carbons (Fsp3) is 1.00. The monoisotopic (exact) mass is 276 g/mol. The Hall–Kier alpha value is -0.170. The van der Waals surface area contributed by atoms with Crippen molar-refractivity contribution < 1.29 is 13.5 Å². The summed E-state index contributed by atoms with van der Waals surface area (Å²) in [6, 6.07) is 0. The van der Waals surface area contributed by atoms with E-state index in [2.05, 4.69) is 11.6 Å². The van der Waals surface area contributed by atoms with E-state index in [0.29, 0.717) is 32.0 Å². The first kappa shape index (κ1) is 14.2. The van der Waals surface area contributed by atoms with E-state index in [-0.39, 0.29) is 12.0 Å². The summed E-state index contributed by atoms with van der Waals surface area (Å²) in [5.74, 6) is 0.447. The smallest absolute Gasteiger partial charge is 0.279 e. The highest BCUT2D eigenvalue weighted by molar-refractivity contribution is 7.87. The summed E-state index contributed by atoms with van der Waals surface area (Å²) in [5, 5.41) is 8.97. The molecule has 0 radical (unpaired) electrons. The lowest BCUT2D eigenvalue weighted by Gasteiger charge is -2.30. The Kier molecular flexibility index (Phi) is 4.31. The maximum Gasteiger partial charge on any atom is 0.279 e. The van der Waals surface area contributed by atoms with Gasteiger partial charge in [-0.05, 0) is 43.4 Å². The van der Waals surface area contributed by atoms with E-state index in [1.807, 2.05) is 0 Å². The lowest BCUT2D eigenvalue weighted by molar-refractivity contribution is 0.246. The zero-order chi connectivity index (χ0) is 13.2. The Balaban J connectivity index is 1.87. The van der Waals surface area contributed by atoms with Crippen LogP contribution in [0, 0.1) is 11.3 Å². The number of hydrogen-bond acceptors (Lipinski definition) is 3. The summed E-state index contributed by atoms with van der Waals surface area (Å²) in [6.45, 7) is 3.97. The van der Waals surface area contributed by atoms with Crippen LogP contribution in [0.25, 0.3) is 0 Å². The number of nitrogens with zero attached hydrogens (tertiary/aromatic N) is 1. The molecule has 0 aromatic carbocycles. The third-order valence-electron chi connectivity index (χ3n) is 4.19. The van der Waals surface area contributed by atoms with Gasteiger partial charge in [0.25, 0.3) is 10.2 Å². The first-order valence-corrected chi connectivity index (χ1v) is 8.27. The van der Waals surface area contributed by atoms with Gasteiger partial charge in [-0.2, -0.15) is 12.7 Å². The molecule has 1 unspecified atom stereocenters. The molecule has 1 heterocycles. The summed E-state index contributed by atoms with van der Waals surface area (Å²) < 4.78 is 28.6. The lowest BCUT2D eigenvalue weighted by atomic mass is 10.0. The summed E-state index contributed by atoms with van der Waals surface area (Å²) in [7, 11) is -3.33. The Labute approximate surface area is 110 Å². The molecule has 106 valence electrons. The third kappa shape index (κ3) is 3.44. The van der Waals surface area contributed by atoms with Crippen molar-refractivity contribution in [2.24, 2.45) is 11.3 Å². The van der Waals surface area contributed by atoms with E-state index in [9.17, 15) is 8.42 Å². The van der Waals surface area contributed by atoms with Crippen molar-refractivity contribution in [2.45, 2.75) is 39.0 Å². The SMILES string of the molecule is CC1CCCN(S(=O)(=O)NCC2(CCO)CC2)C1. The molecule has 1 saturated carbocycles. The van der Waals surface area contributed by atoms with Crippen molar-refractivity contribution in [3.8, 4) is 0 Å². The molecule has 1 atom stereocenters. The molecule has 2 N–H and O–H groups in total. The predicted molar refractivity (Wildman–Crippen MR) is 70.3 cm³/mol. The van der Waals surface area contributed by atoms with Crippen LogP contribution in [0.2, 0.25) is 0 Å². The van der Waals surface area contributed by atoms with Gasteiger partial charge >= 0.3 is 0 Å². The molecule has 6 heteroatoms. The minimum Gasteiger partial charge on any atom is -0.396 e. The van der Waals surface area contributed by atoms with Crippen LogP contribution in [0.3, 0.4) is 0 Å². The molecule has 18 heavy (non-hydrogen) atoms. The van der Waals surface area contributed by atoms with Crippen LogP contribution in [-0.2, 0) is 10.2 Å². The Morgan fingerprint density at radius 2 is 2.17 bits per heavy atom. The fourth-order valence-electron chi connectivity index (χ4n) is 2.63. The summed E-state index contributed by atoms with van der Waals surface area (Å²) in [5.41, 5.74) is 0.0310. The van der Waals surface area contributed by atoms with Gasteiger partial charge in [-0.25, -0.2) is 4.72 Å². The van der Waals surface area contributed by atoms with E-state index < -0.39 is 10.2 Å². The van der Waals surface area contributed by atoms with Gasteiger partial charge in [0.2, 0.25) is 0 Å². The molecule has 2 fully saturated rings. The molecule has 1 aliphatic heterocycles. The van der Waals surface area contributed by atoms with Crippen molar-refractivity contribution in [2.75, 3.05) is 26.2 Å². The van der Waals surface area contributed by atoms with E-state index in [1.165, 1.54) is 0 Å². The average molecular weight is 276 g/mol. The highest BCUT2D eigenvalue weighted by Gasteiger charge is 2.43. The Morgan fingerprint density at radius 3 is 2.72 bits per heavy atom. The van der Waals surface area contributed by atoms with Crippen molar-refractivity contribution in [3.63, 3.8) is 0 Å². The maximum atomic E-state index is 12.2. The van der Waals surface area contributed by atoms with Gasteiger partial charge in [-0.3, -0.25) is 0 Å². The molecular weight excluding hydrogens is 252 g/mol. The van der Waals surface area contributed by atoms with E-state index in [0.717, 1.165) is 25.7 Å². The van der Waals surface area contributed by atoms with Gasteiger partial charge < -0.3 is 5.11 Å². The molecule has 5 nitrogen and oxygen atoms in total. The number of hydrogen-bond donors (Lipinski definition) is 2. The standard InChI is InChI=1S/C12H24N2O3S/c1-11-3-2-7-14(9-11)18(16,17)13-10-12(4-5-12)6-8-15/h11,13,15H,2-10H2,1H3. The predicted octanol–water partition coefficient (Wildman–Crippen LogP) is 0.715. The molecule has 1 saturated heterocycles. The van der Waals surface area contributed by atoms with Crippen LogP contribution < -0.4 is 4.72 Å². The minimum atomic E-state index is -3.33. The van der Waals surface area contributed by atoms with Crippen LogP contribution in [0.4, 0.5) is 0 Å². The highest BCUT2D eigenvalue weighted by Crippen LogP contribution is 2.48. The topological polar surface area (TPSA) is 69.6 Å². The largest absolute Gasteiger partial charge is 0.396 e. The summed E-state index contributed by atoms with van der Waals surface area (Å²) in [4.78, 5) is 0. The van der Waals surface area contributed by atoms with Gasteiger partial charge in [-0.1, -0.05) is 6.92 Å². The van der Waals surface area contributed by atoms with Crippen molar-refractivity contribution in [1.29, 1.82) is 0 Å². The van der Waals surface area contributed by atoms with Crippen LogP contribution in [0.15, 0.2) is 0 Å². The number of nitrogens with one attached hydrogen (secondary N) is 1. The quantitative estimate of drug-likeness (QED) is 0.751. The molecule has 0 amide bonds. The number of rotatable bonds is 6. The molecule has 0 bridgehead atoms. The van der Waals surface area contributed by atoms with E-state index in [1.54, 1.807) is 4.31 Å². The van der Waals surface area contributed by atoms with Crippen LogP contribution in [0.5, 0.6) is 0 Å². The van der Waals surface area contributed by atoms with Crippen molar-refractivity contribution in [3.05, 3.63) is 0 Å². The molecule has 0 spiro atoms. The Morgan fingerprint density at radius 1 is 1.44 bits per heavy atom. The van der Waals surface area contributed by atoms with Crippen molar-refractivity contribution in [1.82, 2.24) is 9.03 Å². The number of aliphatic hydroxyl groups excluding tert-OH is 1. The number of aliphatic hydroxyl groups is 1. The van der Waals surface area contributed by atoms with Gasteiger partial charge in [0, 0.05) is 26.2 Å². The molecule has 2 rings (SSSR count). The van der Waals surface area contributed by atoms with Crippen LogP contribution in [-0.4, -0.2) is 44.1 Å². The lowest BCUT2D eigenvalue weighted by Crippen LogP contribution is -2.47. The molecule has 0 aromatic heterocycles. The Bertz CT molecular complexity index is 379. The van der Waals surface area contributed by atoms with E-state index in [4.69, 9.17) is 5.11 Å². The maximum absolute atomic E-state index is 12.2. The second-order valence-corrected chi connectivity index (χ2v) is 7.66. The average Bonchev–Trinajstić information content (AvgIpc) is 3.08. The normalized spacial score (nSPS) is 28.2. The van der Waals surface area contributed by atoms with Crippen LogP contribution in [0.1, 0.15) is 39.0 Å². The zero-order valence-electron chi connectivity index (χ0n) is 11.1. The van der Waals surface area contributed by atoms with Gasteiger partial charge in [0.05, 0.1) is 0 Å². The van der Waals surface area contributed by atoms with Gasteiger partial charge in [-0.15, -0.1) is 0 Å². The minimum absolute atomic E-state index is 0.0310. The molecule has 2 aliphatic rings. The molecular formula is C12H24N2O3S. The first-order valence-electron chi connectivity index (χ1n) is 6.83. The van der Waals surface area contributed by atoms with Crippen LogP contribution >= 0.6 is 0 Å². The third-order valence-corrected chi connectivity index (χ3v) is 5.71. The molecule has 0 aromatic rings. The van der Waals surface area contributed by atoms with Crippen molar-refractivity contribution >= 4 is 10.2 Å². The molecule has 1 aliphatic carbocycles. The highest BCUT2D eigenvalue weighted by atomic mass is 32.2. The zero-order valence-corrected chi connectivity index (χ0v) is 11.9. The van der Waals surface area contributed by atoms with Gasteiger partial charge in [0.1, 0.15) is 0 Å². The first-order chi connectivity index (χ1) is 8.47. The van der Waals surface area contributed by atoms with E-state index >= 15 is 0 Å². The number of piperidine rings is 1. The fourth-order valence-corrected chi connectivity index (χ4v) is 4.12. The second kappa shape index (κ2) is 5.45.